The van der Waals surface area contributed by atoms with Crippen molar-refractivity contribution in [3.8, 4) is 45.0 Å². The van der Waals surface area contributed by atoms with Crippen molar-refractivity contribution >= 4 is 35.8 Å². The fourth-order valence-electron chi connectivity index (χ4n) is 10.6. The molecule has 0 aliphatic carbocycles. The van der Waals surface area contributed by atoms with Crippen molar-refractivity contribution in [1.82, 2.24) is 70.6 Å². The molecular formula is C68H96N16O14. The number of amides is 6. The van der Waals surface area contributed by atoms with Gasteiger partial charge in [-0.1, -0.05) is 165 Å². The molecule has 30 nitrogen and oxygen atoms in total. The molecule has 2 aromatic heterocycles. The number of hydrogen-bond acceptors (Lipinski definition) is 20. The van der Waals surface area contributed by atoms with E-state index in [0.29, 0.717) is 89.2 Å². The van der Waals surface area contributed by atoms with Crippen LogP contribution in [0.4, 0.5) is 9.59 Å². The molecular weight excluding hydrogens is 1260 g/mol. The number of nitrogens with one attached hydrogen (secondary N) is 2. The van der Waals surface area contributed by atoms with Crippen LogP contribution in [0.2, 0.25) is 0 Å². The van der Waals surface area contributed by atoms with Gasteiger partial charge in [0.2, 0.25) is 36.2 Å². The van der Waals surface area contributed by atoms with E-state index in [1.165, 1.54) is 9.48 Å². The SMILES string of the molecule is CCCCC(=O)N(Cc1ccc(-c2ccccc2-c2nnn(COC(=O)NCCC)n2)cc1)C(C(=O)N(C)CCCCO[N+](=O)[O-])C(C)C.CCCCC(=O)N(Cc1ccc(-c2ccccc2-c2nnnn2COC(=O)NCCC)cc1)C(C(=O)N(C)CCCCO[N+](=O)[O-])C(C)C. The summed E-state index contributed by atoms with van der Waals surface area (Å²) in [5.41, 5.74) is 6.72. The van der Waals surface area contributed by atoms with Crippen LogP contribution in [0.5, 0.6) is 0 Å². The molecule has 0 bridgehead atoms. The number of unbranched alkanes of at least 4 members (excludes halogenated alkanes) is 4. The van der Waals surface area contributed by atoms with Crippen LogP contribution in [0.25, 0.3) is 45.0 Å². The summed E-state index contributed by atoms with van der Waals surface area (Å²) in [4.78, 5) is 116. The van der Waals surface area contributed by atoms with Gasteiger partial charge in [-0.3, -0.25) is 19.2 Å². The molecule has 4 aromatic carbocycles. The molecule has 30 heteroatoms. The van der Waals surface area contributed by atoms with Crippen molar-refractivity contribution in [3.05, 3.63) is 128 Å². The second-order valence-corrected chi connectivity index (χ2v) is 24.1. The maximum absolute atomic E-state index is 13.8. The van der Waals surface area contributed by atoms with Gasteiger partial charge in [0.1, 0.15) is 12.1 Å². The van der Waals surface area contributed by atoms with Gasteiger partial charge in [-0.25, -0.2) is 9.59 Å². The third-order valence-electron chi connectivity index (χ3n) is 15.7. The third kappa shape index (κ3) is 25.1. The molecule has 2 unspecified atom stereocenters. The van der Waals surface area contributed by atoms with E-state index in [-0.39, 0.29) is 75.2 Å². The number of hydrogen-bond donors (Lipinski definition) is 2. The van der Waals surface area contributed by atoms with Crippen molar-refractivity contribution < 1.29 is 58.1 Å². The van der Waals surface area contributed by atoms with E-state index in [2.05, 4.69) is 51.2 Å². The maximum atomic E-state index is 13.8. The summed E-state index contributed by atoms with van der Waals surface area (Å²) in [7, 11) is 3.38. The molecule has 0 fully saturated rings. The van der Waals surface area contributed by atoms with Crippen LogP contribution in [0.1, 0.15) is 144 Å². The predicted octanol–water partition coefficient (Wildman–Crippen LogP) is 10.2. The molecule has 0 aliphatic rings. The molecule has 0 saturated heterocycles. The normalized spacial score (nSPS) is 11.6. The Labute approximate surface area is 572 Å². The Morgan fingerprint density at radius 1 is 0.531 bits per heavy atom. The molecule has 6 amide bonds. The summed E-state index contributed by atoms with van der Waals surface area (Å²) in [6.45, 7) is 17.5. The summed E-state index contributed by atoms with van der Waals surface area (Å²) in [5, 5.41) is 49.1. The highest BCUT2D eigenvalue weighted by Gasteiger charge is 2.36. The Hall–Kier alpha value is -10.2. The summed E-state index contributed by atoms with van der Waals surface area (Å²) < 4.78 is 11.8. The maximum Gasteiger partial charge on any atom is 0.408 e. The molecule has 6 aromatic rings. The standard InChI is InChI=1S/2C34H48N8O7/c1-6-8-15-30(43)40(31(25(3)4)33(44)39(5)21-11-12-22-49-42(46)47)23-26-16-18-27(19-17-26)28-13-9-10-14-29(28)32-36-37-38-41(32)24-48-34(45)35-20-7-2;1-6-8-15-30(43)40(31(25(3)4)33(44)39(5)21-11-12-22-49-42(46)47)23-26-16-18-27(19-17-26)28-13-9-10-14-29(28)32-36-38-41(37-32)24-48-34(45)35-20-7-2/h2*9-10,13-14,16-19,25,31H,6-8,11-12,15,20-24H2,1-5H3,(H,35,45). The minimum Gasteiger partial charge on any atom is -0.426 e. The first kappa shape index (κ1) is 78.5. The first-order chi connectivity index (χ1) is 47.1. The highest BCUT2D eigenvalue weighted by atomic mass is 17.0. The molecule has 2 atom stereocenters. The lowest BCUT2D eigenvalue weighted by Crippen LogP contribution is -2.52. The Balaban J connectivity index is 0.000000354. The van der Waals surface area contributed by atoms with Crippen molar-refractivity contribution in [2.24, 2.45) is 11.8 Å². The van der Waals surface area contributed by atoms with E-state index < -0.39 is 34.4 Å². The van der Waals surface area contributed by atoms with E-state index in [4.69, 9.17) is 9.47 Å². The van der Waals surface area contributed by atoms with Crippen LogP contribution in [0.3, 0.4) is 0 Å². The number of carbonyl (C=O) groups excluding carboxylic acids is 6. The van der Waals surface area contributed by atoms with E-state index >= 15 is 0 Å². The molecule has 6 rings (SSSR count). The lowest BCUT2D eigenvalue weighted by Gasteiger charge is -2.36. The summed E-state index contributed by atoms with van der Waals surface area (Å²) >= 11 is 0. The topological polar surface area (TPSA) is 350 Å². The Kier molecular flexibility index (Phi) is 33.4. The second kappa shape index (κ2) is 41.7. The van der Waals surface area contributed by atoms with Crippen LogP contribution < -0.4 is 10.6 Å². The van der Waals surface area contributed by atoms with Gasteiger partial charge in [0, 0.05) is 77.3 Å². The number of rotatable bonds is 40. The zero-order valence-corrected chi connectivity index (χ0v) is 58.1. The number of benzene rings is 4. The van der Waals surface area contributed by atoms with E-state index in [1.807, 2.05) is 152 Å². The third-order valence-corrected chi connectivity index (χ3v) is 15.7. The number of carbonyl (C=O) groups is 6. The zero-order valence-electron chi connectivity index (χ0n) is 58.1. The highest BCUT2D eigenvalue weighted by Crippen LogP contribution is 2.33. The van der Waals surface area contributed by atoms with Crippen LogP contribution in [-0.2, 0) is 64.9 Å². The smallest absolute Gasteiger partial charge is 0.408 e. The first-order valence-electron chi connectivity index (χ1n) is 33.5. The number of alkyl carbamates (subject to hydrolysis) is 2. The minimum atomic E-state index is -0.825. The summed E-state index contributed by atoms with van der Waals surface area (Å²) in [5.74, 6) is -0.0244. The highest BCUT2D eigenvalue weighted by molar-refractivity contribution is 5.89. The van der Waals surface area contributed by atoms with Crippen molar-refractivity contribution in [1.29, 1.82) is 0 Å². The number of aromatic nitrogens is 8. The fraction of sp³-hybridized carbons (Fsp3) is 0.529. The molecule has 532 valence electrons. The van der Waals surface area contributed by atoms with Gasteiger partial charge in [-0.2, -0.15) is 4.68 Å². The average molecular weight is 1360 g/mol. The van der Waals surface area contributed by atoms with E-state index in [0.717, 1.165) is 70.2 Å². The average Bonchev–Trinajstić information content (AvgIpc) is 1.41. The first-order valence-corrected chi connectivity index (χ1v) is 33.5. The molecule has 2 heterocycles. The number of nitrogens with zero attached hydrogens (tertiary/aromatic N) is 14. The fourth-order valence-corrected chi connectivity index (χ4v) is 10.6. The molecule has 0 spiro atoms. The minimum absolute atomic E-state index is 0.0321. The lowest BCUT2D eigenvalue weighted by atomic mass is 9.96. The van der Waals surface area contributed by atoms with Gasteiger partial charge in [0.25, 0.3) is 10.2 Å². The van der Waals surface area contributed by atoms with Crippen molar-refractivity contribution in [2.75, 3.05) is 53.5 Å². The molecule has 0 saturated carbocycles. The summed E-state index contributed by atoms with van der Waals surface area (Å²) in [6.07, 6.45) is 6.18. The van der Waals surface area contributed by atoms with Gasteiger partial charge in [-0.15, -0.1) is 40.3 Å². The van der Waals surface area contributed by atoms with Gasteiger partial charge < -0.3 is 49.4 Å². The molecule has 98 heavy (non-hydrogen) atoms. The van der Waals surface area contributed by atoms with Crippen LogP contribution in [0.15, 0.2) is 97.1 Å². The van der Waals surface area contributed by atoms with E-state index in [9.17, 15) is 49.0 Å². The van der Waals surface area contributed by atoms with Crippen LogP contribution in [-0.4, -0.2) is 172 Å². The van der Waals surface area contributed by atoms with Gasteiger partial charge in [-0.05, 0) is 112 Å². The predicted molar refractivity (Wildman–Crippen MR) is 364 cm³/mol. The summed E-state index contributed by atoms with van der Waals surface area (Å²) in [6, 6.07) is 29.5. The van der Waals surface area contributed by atoms with Gasteiger partial charge in [0.15, 0.2) is 12.6 Å². The Bertz CT molecular complexity index is 3470. The number of ether oxygens (including phenoxy) is 2. The quantitative estimate of drug-likeness (QED) is 0.0205. The largest absolute Gasteiger partial charge is 0.426 e. The monoisotopic (exact) mass is 1360 g/mol. The van der Waals surface area contributed by atoms with Crippen LogP contribution in [0, 0.1) is 32.1 Å². The van der Waals surface area contributed by atoms with Gasteiger partial charge >= 0.3 is 12.2 Å². The molecule has 2 N–H and O–H groups in total. The Morgan fingerprint density at radius 2 is 0.959 bits per heavy atom. The Morgan fingerprint density at radius 3 is 1.39 bits per heavy atom. The lowest BCUT2D eigenvalue weighted by molar-refractivity contribution is -0.757. The zero-order chi connectivity index (χ0) is 71.5. The van der Waals surface area contributed by atoms with Crippen molar-refractivity contribution in [2.45, 2.75) is 171 Å². The van der Waals surface area contributed by atoms with E-state index in [1.54, 1.807) is 33.7 Å². The van der Waals surface area contributed by atoms with Gasteiger partial charge in [0.05, 0.1) is 13.2 Å². The number of likely N-dealkylation sites (N-methyl/N-ethyl adjacent to an activating group) is 2. The molecule has 0 aliphatic heterocycles. The van der Waals surface area contributed by atoms with Crippen molar-refractivity contribution in [3.63, 3.8) is 0 Å². The molecule has 0 radical (unpaired) electrons. The number of tetrazole rings is 2. The van der Waals surface area contributed by atoms with Crippen LogP contribution >= 0.6 is 0 Å². The second-order valence-electron chi connectivity index (χ2n) is 24.1.